The maximum Gasteiger partial charge on any atom is 0.275 e. The number of rotatable bonds is 2. The summed E-state index contributed by atoms with van der Waals surface area (Å²) in [6.07, 6.45) is 3.13. The van der Waals surface area contributed by atoms with Crippen LogP contribution in [-0.4, -0.2) is 28.6 Å². The number of nitriles is 1. The predicted octanol–water partition coefficient (Wildman–Crippen LogP) is 3.59. The second-order valence-electron chi connectivity index (χ2n) is 5.88. The lowest BCUT2D eigenvalue weighted by Gasteiger charge is -2.14. The van der Waals surface area contributed by atoms with Gasteiger partial charge in [0.15, 0.2) is 5.69 Å². The van der Waals surface area contributed by atoms with Crippen LogP contribution >= 0.6 is 22.9 Å². The Morgan fingerprint density at radius 2 is 1.96 bits per heavy atom. The Labute approximate surface area is 157 Å². The van der Waals surface area contributed by atoms with Crippen LogP contribution in [0.4, 0.5) is 5.69 Å². The third-order valence-corrected chi connectivity index (χ3v) is 5.41. The molecule has 4 aromatic rings. The highest BCUT2D eigenvalue weighted by Crippen LogP contribution is 2.37. The molecule has 3 heterocycles. The smallest absolute Gasteiger partial charge is 0.275 e. The first-order valence-corrected chi connectivity index (χ1v) is 8.87. The average Bonchev–Trinajstić information content (AvgIpc) is 3.01. The molecule has 0 unspecified atom stereocenters. The van der Waals surface area contributed by atoms with Gasteiger partial charge in [-0.15, -0.1) is 11.3 Å². The van der Waals surface area contributed by atoms with Crippen molar-refractivity contribution < 1.29 is 0 Å². The fourth-order valence-electron chi connectivity index (χ4n) is 2.91. The summed E-state index contributed by atoms with van der Waals surface area (Å²) in [5.41, 5.74) is 2.10. The monoisotopic (exact) mass is 381 g/mol. The van der Waals surface area contributed by atoms with Crippen molar-refractivity contribution in [2.24, 2.45) is 0 Å². The highest BCUT2D eigenvalue weighted by Gasteiger charge is 2.19. The van der Waals surface area contributed by atoms with E-state index in [4.69, 9.17) is 11.6 Å². The molecule has 0 aliphatic rings. The van der Waals surface area contributed by atoms with E-state index in [-0.39, 0.29) is 5.56 Å². The second kappa shape index (κ2) is 6.09. The Morgan fingerprint density at radius 1 is 1.23 bits per heavy atom. The van der Waals surface area contributed by atoms with Crippen molar-refractivity contribution in [2.45, 2.75) is 0 Å². The lowest BCUT2D eigenvalue weighted by molar-refractivity contribution is 0.967. The summed E-state index contributed by atoms with van der Waals surface area (Å²) in [4.78, 5) is 23.6. The Balaban J connectivity index is 2.07. The van der Waals surface area contributed by atoms with Crippen LogP contribution in [0.5, 0.6) is 0 Å². The van der Waals surface area contributed by atoms with E-state index < -0.39 is 0 Å². The van der Waals surface area contributed by atoms with E-state index in [9.17, 15) is 10.1 Å². The average molecular weight is 382 g/mol. The van der Waals surface area contributed by atoms with Crippen molar-refractivity contribution >= 4 is 48.9 Å². The number of halogens is 1. The Hall–Kier alpha value is -2.95. The summed E-state index contributed by atoms with van der Waals surface area (Å²) in [6, 6.07) is 9.10. The molecule has 0 spiro atoms. The summed E-state index contributed by atoms with van der Waals surface area (Å²) in [5, 5.41) is 10.8. The molecular formula is C18H12ClN5OS. The zero-order valence-corrected chi connectivity index (χ0v) is 15.5. The summed E-state index contributed by atoms with van der Waals surface area (Å²) in [7, 11) is 3.69. The molecule has 0 N–H and O–H groups in total. The van der Waals surface area contributed by atoms with Gasteiger partial charge in [0.1, 0.15) is 17.1 Å². The molecule has 1 aromatic carbocycles. The first kappa shape index (κ1) is 16.5. The highest BCUT2D eigenvalue weighted by molar-refractivity contribution is 7.25. The Bertz CT molecular complexity index is 1250. The maximum atomic E-state index is 13.0. The largest absolute Gasteiger partial charge is 0.375 e. The molecule has 0 radical (unpaired) electrons. The van der Waals surface area contributed by atoms with Gasteiger partial charge < -0.3 is 4.90 Å². The van der Waals surface area contributed by atoms with E-state index in [2.05, 4.69) is 16.0 Å². The number of aromatic nitrogens is 3. The van der Waals surface area contributed by atoms with Gasteiger partial charge in [-0.05, 0) is 24.3 Å². The Kier molecular flexibility index (Phi) is 3.87. The van der Waals surface area contributed by atoms with Crippen LogP contribution < -0.4 is 10.5 Å². The SMILES string of the molecule is CN(C)c1c(C#N)ncc2sc3c(=O)n(-c4ccc(Cl)cc4)cnc3c12. The first-order chi connectivity index (χ1) is 12.5. The van der Waals surface area contributed by atoms with Crippen LogP contribution in [0.15, 0.2) is 41.6 Å². The second-order valence-corrected chi connectivity index (χ2v) is 7.37. The summed E-state index contributed by atoms with van der Waals surface area (Å²) in [5.74, 6) is 0. The number of hydrogen-bond acceptors (Lipinski definition) is 6. The van der Waals surface area contributed by atoms with E-state index >= 15 is 0 Å². The van der Waals surface area contributed by atoms with Gasteiger partial charge >= 0.3 is 0 Å². The van der Waals surface area contributed by atoms with Crippen LogP contribution in [0.25, 0.3) is 26.0 Å². The maximum absolute atomic E-state index is 13.0. The van der Waals surface area contributed by atoms with Crippen LogP contribution in [0, 0.1) is 11.3 Å². The lowest BCUT2D eigenvalue weighted by atomic mass is 10.2. The van der Waals surface area contributed by atoms with Crippen molar-refractivity contribution in [3.63, 3.8) is 0 Å². The fraction of sp³-hybridized carbons (Fsp3) is 0.111. The first-order valence-electron chi connectivity index (χ1n) is 7.67. The molecular weight excluding hydrogens is 370 g/mol. The molecule has 0 saturated carbocycles. The van der Waals surface area contributed by atoms with Gasteiger partial charge in [0.2, 0.25) is 0 Å². The van der Waals surface area contributed by atoms with Crippen molar-refractivity contribution in [1.82, 2.24) is 14.5 Å². The zero-order valence-electron chi connectivity index (χ0n) is 13.9. The molecule has 0 bridgehead atoms. The molecule has 0 saturated heterocycles. The molecule has 0 atom stereocenters. The van der Waals surface area contributed by atoms with Gasteiger partial charge in [-0.25, -0.2) is 9.97 Å². The third kappa shape index (κ3) is 2.43. The number of anilines is 1. The highest BCUT2D eigenvalue weighted by atomic mass is 35.5. The normalized spacial score (nSPS) is 11.0. The zero-order chi connectivity index (χ0) is 18.4. The number of hydrogen-bond donors (Lipinski definition) is 0. The van der Waals surface area contributed by atoms with Crippen molar-refractivity contribution in [3.8, 4) is 11.8 Å². The number of benzene rings is 1. The van der Waals surface area contributed by atoms with Crippen molar-refractivity contribution in [1.29, 1.82) is 5.26 Å². The molecule has 6 nitrogen and oxygen atoms in total. The lowest BCUT2D eigenvalue weighted by Crippen LogP contribution is -2.17. The van der Waals surface area contributed by atoms with Gasteiger partial charge in [-0.1, -0.05) is 11.6 Å². The summed E-state index contributed by atoms with van der Waals surface area (Å²) < 4.78 is 2.83. The predicted molar refractivity (Wildman–Crippen MR) is 105 cm³/mol. The van der Waals surface area contributed by atoms with Crippen LogP contribution in [0.3, 0.4) is 0 Å². The van der Waals surface area contributed by atoms with Gasteiger partial charge in [-0.3, -0.25) is 9.36 Å². The molecule has 4 rings (SSSR count). The Morgan fingerprint density at radius 3 is 2.62 bits per heavy atom. The van der Waals surface area contributed by atoms with Gasteiger partial charge in [-0.2, -0.15) is 5.26 Å². The summed E-state index contributed by atoms with van der Waals surface area (Å²) >= 11 is 7.25. The van der Waals surface area contributed by atoms with Crippen LogP contribution in [-0.2, 0) is 0 Å². The number of thiophene rings is 1. The number of pyridine rings is 1. The third-order valence-electron chi connectivity index (χ3n) is 4.06. The van der Waals surface area contributed by atoms with Crippen LogP contribution in [0.2, 0.25) is 5.02 Å². The molecule has 128 valence electrons. The molecule has 3 aromatic heterocycles. The van der Waals surface area contributed by atoms with Crippen molar-refractivity contribution in [2.75, 3.05) is 19.0 Å². The quantitative estimate of drug-likeness (QED) is 0.530. The number of fused-ring (bicyclic) bond motifs is 3. The molecule has 8 heteroatoms. The van der Waals surface area contributed by atoms with E-state index in [0.717, 1.165) is 10.1 Å². The minimum absolute atomic E-state index is 0.165. The summed E-state index contributed by atoms with van der Waals surface area (Å²) in [6.45, 7) is 0. The topological polar surface area (TPSA) is 74.8 Å². The molecule has 0 amide bonds. The minimum Gasteiger partial charge on any atom is -0.375 e. The minimum atomic E-state index is -0.165. The van der Waals surface area contributed by atoms with E-state index in [1.54, 1.807) is 30.5 Å². The van der Waals surface area contributed by atoms with E-state index in [1.165, 1.54) is 22.2 Å². The van der Waals surface area contributed by atoms with E-state index in [0.29, 0.717) is 32.3 Å². The van der Waals surface area contributed by atoms with Gasteiger partial charge in [0.05, 0.1) is 21.6 Å². The van der Waals surface area contributed by atoms with Gasteiger partial charge in [0, 0.05) is 30.7 Å². The molecule has 0 aliphatic carbocycles. The van der Waals surface area contributed by atoms with Crippen molar-refractivity contribution in [3.05, 3.63) is 57.9 Å². The standard InChI is InChI=1S/C18H12ClN5OS/c1-23(2)16-12(7-20)21-8-13-14(16)15-17(26-13)18(25)24(9-22-15)11-5-3-10(19)4-6-11/h3-6,8-9H,1-2H3. The van der Waals surface area contributed by atoms with Crippen LogP contribution in [0.1, 0.15) is 5.69 Å². The molecule has 0 aliphatic heterocycles. The van der Waals surface area contributed by atoms with E-state index in [1.807, 2.05) is 19.0 Å². The molecule has 0 fully saturated rings. The fourth-order valence-corrected chi connectivity index (χ4v) is 4.09. The number of nitrogens with zero attached hydrogens (tertiary/aromatic N) is 5. The van der Waals surface area contributed by atoms with Gasteiger partial charge in [0.25, 0.3) is 5.56 Å². The molecule has 26 heavy (non-hydrogen) atoms.